The van der Waals surface area contributed by atoms with Gasteiger partial charge in [-0.1, -0.05) is 42.5 Å². The van der Waals surface area contributed by atoms with E-state index in [1.807, 2.05) is 30.3 Å². The number of nitrogens with two attached hydrogens (primary N) is 1. The molecule has 144 valence electrons. The van der Waals surface area contributed by atoms with Crippen LogP contribution >= 0.6 is 0 Å². The molecule has 0 radical (unpaired) electrons. The molecular weight excluding hydrogens is 364 g/mol. The van der Waals surface area contributed by atoms with Gasteiger partial charge in [-0.15, -0.1) is 0 Å². The van der Waals surface area contributed by atoms with Gasteiger partial charge < -0.3 is 21.4 Å². The molecule has 2 aromatic heterocycles. The van der Waals surface area contributed by atoms with Gasteiger partial charge in [-0.3, -0.25) is 4.79 Å². The zero-order chi connectivity index (χ0) is 19.8. The summed E-state index contributed by atoms with van der Waals surface area (Å²) in [5.74, 6) is 1.79. The zero-order valence-electron chi connectivity index (χ0n) is 15.7. The molecule has 5 N–H and O–H groups in total. The monoisotopic (exact) mass is 384 g/mol. The van der Waals surface area contributed by atoms with Crippen LogP contribution in [0.5, 0.6) is 0 Å². The number of anilines is 2. The lowest BCUT2D eigenvalue weighted by Crippen LogP contribution is -2.10. The highest BCUT2D eigenvalue weighted by atomic mass is 16.1. The molecule has 7 heteroatoms. The van der Waals surface area contributed by atoms with Gasteiger partial charge in [0.2, 0.25) is 5.91 Å². The minimum atomic E-state index is -0.456. The average molecular weight is 384 g/mol. The van der Waals surface area contributed by atoms with E-state index in [-0.39, 0.29) is 0 Å². The highest BCUT2D eigenvalue weighted by Gasteiger charge is 2.21. The van der Waals surface area contributed by atoms with Crippen molar-refractivity contribution in [3.63, 3.8) is 0 Å². The highest BCUT2D eigenvalue weighted by Crippen LogP contribution is 2.33. The van der Waals surface area contributed by atoms with Crippen molar-refractivity contribution in [1.29, 1.82) is 0 Å². The molecule has 2 aromatic carbocycles. The number of aromatic amines is 1. The second-order valence-corrected chi connectivity index (χ2v) is 7.03. The molecule has 3 heterocycles. The molecule has 0 aliphatic carbocycles. The van der Waals surface area contributed by atoms with Crippen LogP contribution in [0.1, 0.15) is 21.5 Å². The fourth-order valence-electron chi connectivity index (χ4n) is 3.77. The number of hydrogen-bond acceptors (Lipinski definition) is 5. The lowest BCUT2D eigenvalue weighted by atomic mass is 10.1. The molecule has 0 saturated heterocycles. The number of rotatable bonds is 5. The third kappa shape index (κ3) is 3.06. The number of H-pyrrole nitrogens is 1. The summed E-state index contributed by atoms with van der Waals surface area (Å²) >= 11 is 0. The normalized spacial score (nSPS) is 12.6. The first-order valence-corrected chi connectivity index (χ1v) is 9.53. The number of carbonyl (C=O) groups excluding carboxylic acids is 1. The largest absolute Gasteiger partial charge is 0.369 e. The predicted molar refractivity (Wildman–Crippen MR) is 114 cm³/mol. The quantitative estimate of drug-likeness (QED) is 0.422. The van der Waals surface area contributed by atoms with Crippen molar-refractivity contribution in [3.8, 4) is 11.5 Å². The molecule has 0 saturated carbocycles. The Kier molecular flexibility index (Phi) is 4.13. The van der Waals surface area contributed by atoms with Crippen molar-refractivity contribution in [1.82, 2.24) is 15.0 Å². The number of primary amides is 1. The second-order valence-electron chi connectivity index (χ2n) is 7.03. The third-order valence-corrected chi connectivity index (χ3v) is 5.20. The van der Waals surface area contributed by atoms with Crippen LogP contribution in [-0.2, 0) is 13.0 Å². The van der Waals surface area contributed by atoms with Gasteiger partial charge >= 0.3 is 0 Å². The number of fused-ring (bicyclic) bond motifs is 2. The summed E-state index contributed by atoms with van der Waals surface area (Å²) in [7, 11) is 0. The predicted octanol–water partition coefficient (Wildman–Crippen LogP) is 3.30. The molecule has 5 rings (SSSR count). The van der Waals surface area contributed by atoms with E-state index < -0.39 is 5.91 Å². The van der Waals surface area contributed by atoms with E-state index in [0.717, 1.165) is 46.6 Å². The Morgan fingerprint density at radius 2 is 1.93 bits per heavy atom. The van der Waals surface area contributed by atoms with Crippen LogP contribution in [0.3, 0.4) is 0 Å². The minimum Gasteiger partial charge on any atom is -0.369 e. The molecule has 0 atom stereocenters. The summed E-state index contributed by atoms with van der Waals surface area (Å²) in [5.41, 5.74) is 9.04. The Morgan fingerprint density at radius 3 is 2.76 bits per heavy atom. The number of carbonyl (C=O) groups is 1. The fraction of sp³-hybridized carbons (Fsp3) is 0.136. The molecule has 1 aliphatic rings. The molecule has 0 spiro atoms. The van der Waals surface area contributed by atoms with Crippen molar-refractivity contribution in [3.05, 3.63) is 71.4 Å². The van der Waals surface area contributed by atoms with Crippen LogP contribution in [0.4, 0.5) is 11.6 Å². The molecule has 29 heavy (non-hydrogen) atoms. The molecular formula is C22H20N6O. The maximum absolute atomic E-state index is 11.7. The summed E-state index contributed by atoms with van der Waals surface area (Å²) in [6, 6.07) is 15.7. The number of hydrogen-bond donors (Lipinski definition) is 4. The van der Waals surface area contributed by atoms with Crippen LogP contribution in [-0.4, -0.2) is 27.4 Å². The molecule has 0 unspecified atom stereocenters. The Hall–Kier alpha value is -3.87. The highest BCUT2D eigenvalue weighted by molar-refractivity contribution is 6.09. The number of nitrogens with zero attached hydrogens (tertiary/aromatic N) is 2. The first kappa shape index (κ1) is 17.2. The second kappa shape index (κ2) is 6.94. The maximum atomic E-state index is 11.7. The molecule has 0 fully saturated rings. The van der Waals surface area contributed by atoms with Crippen LogP contribution in [0.15, 0.2) is 54.7 Å². The van der Waals surface area contributed by atoms with Gasteiger partial charge in [0.15, 0.2) is 5.82 Å². The first-order chi connectivity index (χ1) is 14.2. The Morgan fingerprint density at radius 1 is 1.07 bits per heavy atom. The van der Waals surface area contributed by atoms with Gasteiger partial charge in [0, 0.05) is 41.2 Å². The summed E-state index contributed by atoms with van der Waals surface area (Å²) in [6.07, 6.45) is 2.66. The van der Waals surface area contributed by atoms with Gasteiger partial charge in [0.25, 0.3) is 0 Å². The zero-order valence-corrected chi connectivity index (χ0v) is 15.7. The molecule has 1 amide bonds. The molecule has 0 bridgehead atoms. The van der Waals surface area contributed by atoms with Crippen molar-refractivity contribution >= 4 is 28.3 Å². The average Bonchev–Trinajstić information content (AvgIpc) is 3.39. The fourth-order valence-corrected chi connectivity index (χ4v) is 3.77. The summed E-state index contributed by atoms with van der Waals surface area (Å²) in [4.78, 5) is 24.5. The van der Waals surface area contributed by atoms with E-state index in [4.69, 9.17) is 15.7 Å². The minimum absolute atomic E-state index is 0.456. The third-order valence-electron chi connectivity index (χ3n) is 5.20. The smallest absolute Gasteiger partial charge is 0.249 e. The number of nitrogens with one attached hydrogen (secondary N) is 3. The van der Waals surface area contributed by atoms with Crippen LogP contribution in [0.2, 0.25) is 0 Å². The van der Waals surface area contributed by atoms with Crippen LogP contribution in [0, 0.1) is 0 Å². The lowest BCUT2D eigenvalue weighted by molar-refractivity contribution is 0.100. The first-order valence-electron chi connectivity index (χ1n) is 9.53. The van der Waals surface area contributed by atoms with Crippen molar-refractivity contribution in [2.75, 3.05) is 17.2 Å². The van der Waals surface area contributed by atoms with Gasteiger partial charge in [0.05, 0.1) is 5.69 Å². The van der Waals surface area contributed by atoms with Gasteiger partial charge in [-0.2, -0.15) is 0 Å². The Bertz CT molecular complexity index is 1210. The number of benzene rings is 2. The van der Waals surface area contributed by atoms with E-state index in [9.17, 15) is 4.79 Å². The van der Waals surface area contributed by atoms with E-state index in [2.05, 4.69) is 27.8 Å². The Balaban J connectivity index is 1.57. The molecule has 7 nitrogen and oxygen atoms in total. The summed E-state index contributed by atoms with van der Waals surface area (Å²) in [6.45, 7) is 1.52. The Labute approximate surface area is 167 Å². The summed E-state index contributed by atoms with van der Waals surface area (Å²) in [5, 5.41) is 8.44. The lowest BCUT2D eigenvalue weighted by Gasteiger charge is -2.12. The molecule has 4 aromatic rings. The SMILES string of the molecule is NC(=O)c1cccc2c(-c3nc4c(c(NCc5ccccc5)n3)CCN4)[nH]cc12. The standard InChI is InChI=1S/C22H20N6O/c23-19(29)15-8-4-7-14-17(15)12-25-18(14)22-27-20-16(9-10-24-20)21(28-22)26-11-13-5-2-1-3-6-13/h1-8,12,25H,9-11H2,(H2,23,29)(H2,24,26,27,28). The van der Waals surface area contributed by atoms with Crippen molar-refractivity contribution < 1.29 is 4.79 Å². The van der Waals surface area contributed by atoms with E-state index >= 15 is 0 Å². The van der Waals surface area contributed by atoms with E-state index in [1.54, 1.807) is 12.3 Å². The van der Waals surface area contributed by atoms with Crippen molar-refractivity contribution in [2.45, 2.75) is 13.0 Å². The maximum Gasteiger partial charge on any atom is 0.249 e. The van der Waals surface area contributed by atoms with Gasteiger partial charge in [0.1, 0.15) is 11.6 Å². The van der Waals surface area contributed by atoms with Crippen LogP contribution < -0.4 is 16.4 Å². The van der Waals surface area contributed by atoms with E-state index in [1.165, 1.54) is 5.56 Å². The van der Waals surface area contributed by atoms with Crippen molar-refractivity contribution in [2.24, 2.45) is 5.73 Å². The topological polar surface area (TPSA) is 109 Å². The molecule has 1 aliphatic heterocycles. The number of amides is 1. The van der Waals surface area contributed by atoms with E-state index in [0.29, 0.717) is 17.9 Å². The summed E-state index contributed by atoms with van der Waals surface area (Å²) < 4.78 is 0. The van der Waals surface area contributed by atoms with Crippen LogP contribution in [0.25, 0.3) is 22.3 Å². The van der Waals surface area contributed by atoms with Gasteiger partial charge in [-0.25, -0.2) is 9.97 Å². The van der Waals surface area contributed by atoms with Gasteiger partial charge in [-0.05, 0) is 18.1 Å². The number of aromatic nitrogens is 3.